The van der Waals surface area contributed by atoms with Crippen LogP contribution in [0.4, 0.5) is 0 Å². The van der Waals surface area contributed by atoms with Gasteiger partial charge in [-0.1, -0.05) is 48.2 Å². The van der Waals surface area contributed by atoms with Crippen molar-refractivity contribution in [3.8, 4) is 11.8 Å². The highest BCUT2D eigenvalue weighted by Crippen LogP contribution is 2.33. The van der Waals surface area contributed by atoms with Crippen molar-refractivity contribution in [2.45, 2.75) is 18.6 Å². The van der Waals surface area contributed by atoms with Crippen molar-refractivity contribution in [2.24, 2.45) is 4.99 Å². The van der Waals surface area contributed by atoms with Gasteiger partial charge >= 0.3 is 5.97 Å². The molecule has 0 radical (unpaired) electrons. The van der Waals surface area contributed by atoms with E-state index in [0.717, 1.165) is 16.7 Å². The number of carbonyl (C=O) groups is 1. The molecule has 0 fully saturated rings. The van der Waals surface area contributed by atoms with E-state index in [9.17, 15) is 4.79 Å². The molecule has 0 N–H and O–H groups in total. The van der Waals surface area contributed by atoms with E-state index in [-0.39, 0.29) is 5.97 Å². The van der Waals surface area contributed by atoms with Gasteiger partial charge in [-0.3, -0.25) is 4.99 Å². The number of benzene rings is 2. The lowest BCUT2D eigenvalue weighted by Crippen LogP contribution is -2.18. The van der Waals surface area contributed by atoms with E-state index in [2.05, 4.69) is 35.0 Å². The fraction of sp³-hybridized carbons (Fsp3) is 0.143. The Kier molecular flexibility index (Phi) is 3.51. The first-order valence-electron chi connectivity index (χ1n) is 7.84. The van der Waals surface area contributed by atoms with Gasteiger partial charge in [-0.05, 0) is 29.8 Å². The van der Waals surface area contributed by atoms with Crippen LogP contribution in [0.15, 0.2) is 65.7 Å². The molecule has 2 heterocycles. The quantitative estimate of drug-likeness (QED) is 0.627. The van der Waals surface area contributed by atoms with Gasteiger partial charge in [0.2, 0.25) is 0 Å². The van der Waals surface area contributed by atoms with Gasteiger partial charge in [-0.15, -0.1) is 0 Å². The van der Waals surface area contributed by atoms with Crippen molar-refractivity contribution in [1.82, 2.24) is 0 Å². The van der Waals surface area contributed by atoms with Crippen LogP contribution >= 0.6 is 0 Å². The molecule has 0 bridgehead atoms. The van der Waals surface area contributed by atoms with Crippen molar-refractivity contribution >= 4 is 12.2 Å². The molecule has 0 amide bonds. The summed E-state index contributed by atoms with van der Waals surface area (Å²) in [5, 5.41) is 0. The molecule has 2 aromatic carbocycles. The monoisotopic (exact) mass is 313 g/mol. The molecular formula is C21H15NO2. The molecule has 2 aliphatic heterocycles. The van der Waals surface area contributed by atoms with Crippen LogP contribution in [-0.2, 0) is 16.9 Å². The third-order valence-corrected chi connectivity index (χ3v) is 4.31. The zero-order valence-corrected chi connectivity index (χ0v) is 13.0. The number of cyclic esters (lactones) is 1. The Morgan fingerprint density at radius 2 is 2.04 bits per heavy atom. The number of allylic oxidation sites excluding steroid dienone is 1. The Hall–Kier alpha value is -3.12. The standard InChI is InChI=1S/C21H15NO2/c23-20-19-10-9-16(14-17(19)15-24-20)6-4-11-21(12-5-13-22-21)18-7-2-1-3-8-18/h1-3,5,7-10,12-14H,11,15H2. The Balaban J connectivity index is 1.59. The summed E-state index contributed by atoms with van der Waals surface area (Å²) in [5.74, 6) is 6.18. The summed E-state index contributed by atoms with van der Waals surface area (Å²) in [4.78, 5) is 16.1. The van der Waals surface area contributed by atoms with Crippen LogP contribution in [0.5, 0.6) is 0 Å². The van der Waals surface area contributed by atoms with Crippen molar-refractivity contribution in [2.75, 3.05) is 0 Å². The highest BCUT2D eigenvalue weighted by molar-refractivity contribution is 5.93. The zero-order valence-electron chi connectivity index (χ0n) is 13.0. The Labute approximate surface area is 140 Å². The number of ether oxygens (including phenoxy) is 1. The largest absolute Gasteiger partial charge is 0.457 e. The highest BCUT2D eigenvalue weighted by atomic mass is 16.5. The number of hydrogen-bond acceptors (Lipinski definition) is 3. The van der Waals surface area contributed by atoms with E-state index in [1.807, 2.05) is 42.6 Å². The molecule has 2 aliphatic rings. The predicted molar refractivity (Wildman–Crippen MR) is 92.8 cm³/mol. The lowest BCUT2D eigenvalue weighted by molar-refractivity contribution is 0.0535. The Bertz CT molecular complexity index is 902. The molecule has 1 atom stereocenters. The zero-order chi connectivity index (χ0) is 16.4. The van der Waals surface area contributed by atoms with E-state index < -0.39 is 5.54 Å². The fourth-order valence-electron chi connectivity index (χ4n) is 3.02. The maximum Gasteiger partial charge on any atom is 0.338 e. The number of fused-ring (bicyclic) bond motifs is 1. The molecule has 0 saturated heterocycles. The lowest BCUT2D eigenvalue weighted by Gasteiger charge is -2.22. The smallest absolute Gasteiger partial charge is 0.338 e. The van der Waals surface area contributed by atoms with Crippen LogP contribution < -0.4 is 0 Å². The first kappa shape index (κ1) is 14.5. The molecule has 2 aromatic rings. The van der Waals surface area contributed by atoms with Crippen molar-refractivity contribution < 1.29 is 9.53 Å². The molecule has 4 rings (SSSR count). The van der Waals surface area contributed by atoms with Gasteiger partial charge in [0.1, 0.15) is 12.1 Å². The molecule has 3 heteroatoms. The van der Waals surface area contributed by atoms with E-state index in [4.69, 9.17) is 4.74 Å². The first-order chi connectivity index (χ1) is 11.8. The van der Waals surface area contributed by atoms with Gasteiger partial charge < -0.3 is 4.74 Å². The molecule has 0 spiro atoms. The van der Waals surface area contributed by atoms with Gasteiger partial charge in [0.05, 0.1) is 5.56 Å². The van der Waals surface area contributed by atoms with Crippen molar-refractivity contribution in [3.05, 3.63) is 82.9 Å². The van der Waals surface area contributed by atoms with E-state index in [1.165, 1.54) is 0 Å². The van der Waals surface area contributed by atoms with Crippen molar-refractivity contribution in [1.29, 1.82) is 0 Å². The number of nitrogens with zero attached hydrogens (tertiary/aromatic N) is 1. The third-order valence-electron chi connectivity index (χ3n) is 4.31. The second-order valence-corrected chi connectivity index (χ2v) is 5.85. The first-order valence-corrected chi connectivity index (χ1v) is 7.84. The average molecular weight is 313 g/mol. The summed E-state index contributed by atoms with van der Waals surface area (Å²) in [6, 6.07) is 15.8. The molecule has 0 saturated carbocycles. The third kappa shape index (κ3) is 2.53. The summed E-state index contributed by atoms with van der Waals surface area (Å²) in [6.45, 7) is 0.338. The number of hydrogen-bond donors (Lipinski definition) is 0. The van der Waals surface area contributed by atoms with Gasteiger partial charge in [0.25, 0.3) is 0 Å². The molecule has 1 unspecified atom stereocenters. The average Bonchev–Trinajstić information content (AvgIpc) is 3.24. The number of carbonyl (C=O) groups excluding carboxylic acids is 1. The summed E-state index contributed by atoms with van der Waals surface area (Å²) in [6.07, 6.45) is 6.49. The van der Waals surface area contributed by atoms with E-state index in [1.54, 1.807) is 6.07 Å². The number of rotatable bonds is 2. The fourth-order valence-corrected chi connectivity index (χ4v) is 3.02. The van der Waals surface area contributed by atoms with Gasteiger partial charge in [-0.2, -0.15) is 0 Å². The molecule has 116 valence electrons. The Morgan fingerprint density at radius 1 is 1.17 bits per heavy atom. The molecule has 3 nitrogen and oxygen atoms in total. The number of esters is 1. The summed E-state index contributed by atoms with van der Waals surface area (Å²) >= 11 is 0. The molecule has 24 heavy (non-hydrogen) atoms. The van der Waals surface area contributed by atoms with Gasteiger partial charge in [-0.25, -0.2) is 4.79 Å². The van der Waals surface area contributed by atoms with Crippen LogP contribution in [0.3, 0.4) is 0 Å². The predicted octanol–water partition coefficient (Wildman–Crippen LogP) is 3.63. The highest BCUT2D eigenvalue weighted by Gasteiger charge is 2.29. The maximum atomic E-state index is 11.5. The number of aliphatic imine (C=N–C) groups is 1. The van der Waals surface area contributed by atoms with Crippen LogP contribution in [0, 0.1) is 11.8 Å². The topological polar surface area (TPSA) is 38.7 Å². The molecule has 0 aliphatic carbocycles. The summed E-state index contributed by atoms with van der Waals surface area (Å²) in [7, 11) is 0. The normalized spacial score (nSPS) is 20.4. The van der Waals surface area contributed by atoms with Crippen molar-refractivity contribution in [3.63, 3.8) is 0 Å². The Morgan fingerprint density at radius 3 is 2.83 bits per heavy atom. The van der Waals surface area contributed by atoms with Crippen LogP contribution in [0.25, 0.3) is 0 Å². The second kappa shape index (κ2) is 5.82. The summed E-state index contributed by atoms with van der Waals surface area (Å²) in [5.41, 5.74) is 3.18. The van der Waals surface area contributed by atoms with Crippen LogP contribution in [0.1, 0.15) is 33.5 Å². The minimum atomic E-state index is -0.399. The van der Waals surface area contributed by atoms with Crippen LogP contribution in [0.2, 0.25) is 0 Å². The summed E-state index contributed by atoms with van der Waals surface area (Å²) < 4.78 is 5.02. The molecule has 0 aromatic heterocycles. The van der Waals surface area contributed by atoms with Crippen LogP contribution in [-0.4, -0.2) is 12.2 Å². The van der Waals surface area contributed by atoms with Gasteiger partial charge in [0, 0.05) is 23.8 Å². The minimum absolute atomic E-state index is 0.252. The lowest BCUT2D eigenvalue weighted by atomic mass is 9.88. The second-order valence-electron chi connectivity index (χ2n) is 5.85. The van der Waals surface area contributed by atoms with E-state index in [0.29, 0.717) is 18.6 Å². The van der Waals surface area contributed by atoms with Gasteiger partial charge in [0.15, 0.2) is 0 Å². The minimum Gasteiger partial charge on any atom is -0.457 e. The van der Waals surface area contributed by atoms with E-state index >= 15 is 0 Å². The maximum absolute atomic E-state index is 11.5. The molecular weight excluding hydrogens is 298 g/mol. The SMILES string of the molecule is O=C1OCc2cc(C#CCC3(c4ccccc4)C=CC=N3)ccc21.